The maximum Gasteiger partial charge on any atom is 0.253 e. The van der Waals surface area contributed by atoms with E-state index < -0.39 is 0 Å². The van der Waals surface area contributed by atoms with E-state index in [1.54, 1.807) is 0 Å². The second kappa shape index (κ2) is 9.60. The second-order valence-electron chi connectivity index (χ2n) is 8.59. The molecule has 1 atom stereocenters. The third-order valence-corrected chi connectivity index (χ3v) is 6.49. The summed E-state index contributed by atoms with van der Waals surface area (Å²) in [4.78, 5) is 32.1. The number of pyridine rings is 1. The van der Waals surface area contributed by atoms with Crippen molar-refractivity contribution in [2.24, 2.45) is 0 Å². The lowest BCUT2D eigenvalue weighted by atomic mass is 9.87. The summed E-state index contributed by atoms with van der Waals surface area (Å²) >= 11 is 0. The van der Waals surface area contributed by atoms with Gasteiger partial charge in [0.25, 0.3) is 5.91 Å². The van der Waals surface area contributed by atoms with Crippen molar-refractivity contribution in [1.82, 2.24) is 15.2 Å². The van der Waals surface area contributed by atoms with Crippen LogP contribution >= 0.6 is 0 Å². The number of likely N-dealkylation sites (tertiary alicyclic amines) is 1. The van der Waals surface area contributed by atoms with E-state index in [4.69, 9.17) is 9.72 Å². The van der Waals surface area contributed by atoms with Crippen LogP contribution < -0.4 is 5.32 Å². The van der Waals surface area contributed by atoms with Crippen LogP contribution in [0.1, 0.15) is 70.5 Å². The van der Waals surface area contributed by atoms with Crippen molar-refractivity contribution in [3.8, 4) is 0 Å². The largest absolute Gasteiger partial charge is 0.375 e. The Bertz CT molecular complexity index is 951. The van der Waals surface area contributed by atoms with Crippen molar-refractivity contribution >= 4 is 11.8 Å². The number of hydrogen-bond donors (Lipinski definition) is 1. The van der Waals surface area contributed by atoms with Gasteiger partial charge in [0.15, 0.2) is 0 Å². The summed E-state index contributed by atoms with van der Waals surface area (Å²) in [5, 5.41) is 3.27. The van der Waals surface area contributed by atoms with Crippen LogP contribution in [0.4, 0.5) is 0 Å². The highest BCUT2D eigenvalue weighted by atomic mass is 16.5. The minimum Gasteiger partial charge on any atom is -0.375 e. The molecular formula is C25H31N3O3. The molecule has 1 aliphatic heterocycles. The molecule has 6 heteroatoms. The van der Waals surface area contributed by atoms with Gasteiger partial charge in [0.05, 0.1) is 17.3 Å². The van der Waals surface area contributed by atoms with E-state index in [1.165, 1.54) is 18.2 Å². The lowest BCUT2D eigenvalue weighted by molar-refractivity contribution is -0.136. The molecule has 2 aromatic rings. The Kier molecular flexibility index (Phi) is 6.66. The van der Waals surface area contributed by atoms with Gasteiger partial charge in [0.1, 0.15) is 6.61 Å². The van der Waals surface area contributed by atoms with Crippen LogP contribution in [0.25, 0.3) is 0 Å². The molecule has 0 radical (unpaired) electrons. The average molecular weight is 422 g/mol. The summed E-state index contributed by atoms with van der Waals surface area (Å²) in [5.41, 5.74) is 4.99. The van der Waals surface area contributed by atoms with Crippen molar-refractivity contribution < 1.29 is 14.3 Å². The summed E-state index contributed by atoms with van der Waals surface area (Å²) in [6.07, 6.45) is 4.71. The maximum atomic E-state index is 13.3. The number of carbonyl (C=O) groups excluding carboxylic acids is 2. The van der Waals surface area contributed by atoms with Crippen LogP contribution in [0.3, 0.4) is 0 Å². The number of amides is 2. The summed E-state index contributed by atoms with van der Waals surface area (Å²) in [7, 11) is 1.54. The molecule has 2 amide bonds. The van der Waals surface area contributed by atoms with E-state index in [1.807, 2.05) is 30.0 Å². The molecule has 2 aliphatic rings. The van der Waals surface area contributed by atoms with Crippen LogP contribution in [-0.2, 0) is 16.0 Å². The van der Waals surface area contributed by atoms with Crippen molar-refractivity contribution in [3.63, 3.8) is 0 Å². The van der Waals surface area contributed by atoms with Gasteiger partial charge in [-0.05, 0) is 62.3 Å². The smallest absolute Gasteiger partial charge is 0.253 e. The molecule has 31 heavy (non-hydrogen) atoms. The minimum atomic E-state index is -0.0536. The SMILES string of the molecule is COCC(=O)N1CCC(c2nc(C)ccc2C(=O)NC2CCCc3ccccc32)CC1. The van der Waals surface area contributed by atoms with E-state index in [9.17, 15) is 9.59 Å². The number of nitrogens with one attached hydrogen (secondary N) is 1. The number of nitrogens with zero attached hydrogens (tertiary/aromatic N) is 2. The zero-order valence-electron chi connectivity index (χ0n) is 18.4. The molecule has 1 fully saturated rings. The Hall–Kier alpha value is -2.73. The van der Waals surface area contributed by atoms with Crippen LogP contribution in [0.5, 0.6) is 0 Å². The van der Waals surface area contributed by atoms with Crippen LogP contribution in [0.15, 0.2) is 36.4 Å². The van der Waals surface area contributed by atoms with E-state index in [0.717, 1.165) is 43.5 Å². The molecule has 1 aromatic carbocycles. The molecule has 0 saturated carbocycles. The molecule has 1 unspecified atom stereocenters. The first kappa shape index (κ1) is 21.5. The Morgan fingerprint density at radius 2 is 1.90 bits per heavy atom. The summed E-state index contributed by atoms with van der Waals surface area (Å²) in [6.45, 7) is 3.41. The van der Waals surface area contributed by atoms with Gasteiger partial charge in [-0.15, -0.1) is 0 Å². The van der Waals surface area contributed by atoms with Crippen molar-refractivity contribution in [2.75, 3.05) is 26.8 Å². The standard InChI is InChI=1S/C25H31N3O3/c1-17-10-11-21(24(26-17)19-12-14-28(15-13-19)23(29)16-31-2)25(30)27-22-9-5-7-18-6-3-4-8-20(18)22/h3-4,6,8,10-11,19,22H,5,7,9,12-16H2,1-2H3,(H,27,30). The number of fused-ring (bicyclic) bond motifs is 1. The molecule has 164 valence electrons. The Morgan fingerprint density at radius 1 is 1.13 bits per heavy atom. The first-order valence-electron chi connectivity index (χ1n) is 11.2. The Balaban J connectivity index is 1.50. The zero-order chi connectivity index (χ0) is 21.8. The fraction of sp³-hybridized carbons (Fsp3) is 0.480. The number of rotatable bonds is 5. The molecule has 0 spiro atoms. The molecule has 6 nitrogen and oxygen atoms in total. The van der Waals surface area contributed by atoms with Crippen LogP contribution in [0, 0.1) is 6.92 Å². The average Bonchev–Trinajstić information content (AvgIpc) is 2.79. The van der Waals surface area contributed by atoms with E-state index in [0.29, 0.717) is 18.7 Å². The predicted molar refractivity (Wildman–Crippen MR) is 119 cm³/mol. The number of aryl methyl sites for hydroxylation is 2. The quantitative estimate of drug-likeness (QED) is 0.801. The summed E-state index contributed by atoms with van der Waals surface area (Å²) in [6, 6.07) is 12.2. The molecule has 1 N–H and O–H groups in total. The third kappa shape index (κ3) is 4.79. The lowest BCUT2D eigenvalue weighted by Crippen LogP contribution is -2.40. The first-order chi connectivity index (χ1) is 15.1. The number of carbonyl (C=O) groups is 2. The fourth-order valence-electron chi connectivity index (χ4n) is 4.84. The van der Waals surface area contributed by atoms with Gasteiger partial charge in [-0.25, -0.2) is 0 Å². The van der Waals surface area contributed by atoms with Crippen LogP contribution in [-0.4, -0.2) is 48.5 Å². The van der Waals surface area contributed by atoms with Crippen molar-refractivity contribution in [3.05, 3.63) is 64.5 Å². The van der Waals surface area contributed by atoms with Crippen molar-refractivity contribution in [2.45, 2.75) is 51.0 Å². The Morgan fingerprint density at radius 3 is 2.68 bits per heavy atom. The number of aromatic nitrogens is 1. The molecule has 0 bridgehead atoms. The monoisotopic (exact) mass is 421 g/mol. The van der Waals surface area contributed by atoms with Crippen LogP contribution in [0.2, 0.25) is 0 Å². The molecule has 4 rings (SSSR count). The van der Waals surface area contributed by atoms with Gasteiger partial charge in [-0.2, -0.15) is 0 Å². The van der Waals surface area contributed by atoms with Gasteiger partial charge in [-0.3, -0.25) is 14.6 Å². The van der Waals surface area contributed by atoms with Gasteiger partial charge in [0, 0.05) is 31.8 Å². The fourth-order valence-corrected chi connectivity index (χ4v) is 4.84. The van der Waals surface area contributed by atoms with Crippen molar-refractivity contribution in [1.29, 1.82) is 0 Å². The predicted octanol–water partition coefficient (Wildman–Crippen LogP) is 3.55. The lowest BCUT2D eigenvalue weighted by Gasteiger charge is -2.32. The number of benzene rings is 1. The zero-order valence-corrected chi connectivity index (χ0v) is 18.4. The van der Waals surface area contributed by atoms with Gasteiger partial charge >= 0.3 is 0 Å². The number of methoxy groups -OCH3 is 1. The molecule has 1 aromatic heterocycles. The maximum absolute atomic E-state index is 13.3. The molecular weight excluding hydrogens is 390 g/mol. The van der Waals surface area contributed by atoms with E-state index >= 15 is 0 Å². The van der Waals surface area contributed by atoms with Gasteiger partial charge in [-0.1, -0.05) is 24.3 Å². The topological polar surface area (TPSA) is 71.5 Å². The third-order valence-electron chi connectivity index (χ3n) is 6.49. The van der Waals surface area contributed by atoms with E-state index in [2.05, 4.69) is 23.5 Å². The Labute approximate surface area is 184 Å². The highest BCUT2D eigenvalue weighted by molar-refractivity contribution is 5.95. The van der Waals surface area contributed by atoms with Gasteiger partial charge in [0.2, 0.25) is 5.91 Å². The molecule has 1 saturated heterocycles. The number of ether oxygens (including phenoxy) is 1. The summed E-state index contributed by atoms with van der Waals surface area (Å²) < 4.78 is 4.98. The second-order valence-corrected chi connectivity index (χ2v) is 8.59. The highest BCUT2D eigenvalue weighted by Gasteiger charge is 2.29. The molecule has 2 heterocycles. The van der Waals surface area contributed by atoms with Gasteiger partial charge < -0.3 is 15.0 Å². The number of hydrogen-bond acceptors (Lipinski definition) is 4. The highest BCUT2D eigenvalue weighted by Crippen LogP contribution is 2.32. The first-order valence-corrected chi connectivity index (χ1v) is 11.2. The van der Waals surface area contributed by atoms with E-state index in [-0.39, 0.29) is 30.4 Å². The number of piperidine rings is 1. The minimum absolute atomic E-state index is 0.0204. The molecule has 1 aliphatic carbocycles. The summed E-state index contributed by atoms with van der Waals surface area (Å²) in [5.74, 6) is 0.139. The normalized spacial score (nSPS) is 19.0.